The fraction of sp³-hybridized carbons (Fsp3) is 0.909. The first-order valence-corrected chi connectivity index (χ1v) is 8.06. The van der Waals surface area contributed by atoms with Crippen LogP contribution >= 0.6 is 0 Å². The molecular weight excluding hydrogens is 256 g/mol. The van der Waals surface area contributed by atoms with Crippen molar-refractivity contribution in [3.05, 3.63) is 0 Å². The van der Waals surface area contributed by atoms with E-state index in [0.29, 0.717) is 19.8 Å². The van der Waals surface area contributed by atoms with Crippen LogP contribution in [0.1, 0.15) is 20.3 Å². The molecule has 18 heavy (non-hydrogen) atoms. The number of ether oxygens (including phenoxy) is 1. The zero-order valence-corrected chi connectivity index (χ0v) is 11.8. The number of hydrogen-bond acceptors (Lipinski definition) is 5. The third kappa shape index (κ3) is 5.79. The van der Waals surface area contributed by atoms with Crippen molar-refractivity contribution in [3.8, 4) is 0 Å². The normalized spacial score (nSPS) is 24.4. The highest BCUT2D eigenvalue weighted by molar-refractivity contribution is 7.91. The van der Waals surface area contributed by atoms with Crippen LogP contribution in [-0.4, -0.2) is 57.7 Å². The quantitative estimate of drug-likeness (QED) is 0.671. The van der Waals surface area contributed by atoms with Crippen LogP contribution < -0.4 is 10.6 Å². The van der Waals surface area contributed by atoms with Gasteiger partial charge in [0.1, 0.15) is 0 Å². The number of amides is 1. The Morgan fingerprint density at radius 1 is 1.56 bits per heavy atom. The molecule has 0 saturated carbocycles. The van der Waals surface area contributed by atoms with Gasteiger partial charge >= 0.3 is 0 Å². The van der Waals surface area contributed by atoms with Crippen molar-refractivity contribution in [1.82, 2.24) is 10.6 Å². The van der Waals surface area contributed by atoms with Crippen LogP contribution in [0.5, 0.6) is 0 Å². The minimum atomic E-state index is -2.99. The summed E-state index contributed by atoms with van der Waals surface area (Å²) in [7, 11) is -2.99. The highest BCUT2D eigenvalue weighted by Crippen LogP contribution is 2.05. The second kappa shape index (κ2) is 7.06. The molecule has 106 valence electrons. The van der Waals surface area contributed by atoms with Crippen molar-refractivity contribution < 1.29 is 17.9 Å². The third-order valence-corrected chi connectivity index (χ3v) is 4.45. The predicted molar refractivity (Wildman–Crippen MR) is 69.2 cm³/mol. The molecule has 2 unspecified atom stereocenters. The molecule has 1 rings (SSSR count). The zero-order chi connectivity index (χ0) is 13.6. The molecule has 1 aliphatic heterocycles. The Balaban J connectivity index is 2.31. The maximum atomic E-state index is 11.7. The fourth-order valence-electron chi connectivity index (χ4n) is 1.89. The Morgan fingerprint density at radius 2 is 2.28 bits per heavy atom. The van der Waals surface area contributed by atoms with Crippen molar-refractivity contribution in [2.45, 2.75) is 32.4 Å². The summed E-state index contributed by atoms with van der Waals surface area (Å²) in [6.07, 6.45) is 0.190. The largest absolute Gasteiger partial charge is 0.380 e. The number of carbonyl (C=O) groups excluding carboxylic acids is 1. The standard InChI is InChI=1S/C11H22N2O4S/c1-3-17-7-9(2)13-11(14)6-10-8-18(15,16)5-4-12-10/h9-10,12H,3-8H2,1-2H3,(H,13,14). The van der Waals surface area contributed by atoms with Gasteiger partial charge in [-0.15, -0.1) is 0 Å². The van der Waals surface area contributed by atoms with E-state index >= 15 is 0 Å². The zero-order valence-electron chi connectivity index (χ0n) is 10.9. The van der Waals surface area contributed by atoms with Gasteiger partial charge in [-0.25, -0.2) is 8.42 Å². The molecule has 2 N–H and O–H groups in total. The van der Waals surface area contributed by atoms with Crippen LogP contribution in [0.3, 0.4) is 0 Å². The van der Waals surface area contributed by atoms with Gasteiger partial charge in [0.2, 0.25) is 5.91 Å². The molecule has 0 spiro atoms. The van der Waals surface area contributed by atoms with Gasteiger partial charge in [-0.2, -0.15) is 0 Å². The first kappa shape index (κ1) is 15.4. The molecule has 0 aromatic rings. The molecule has 1 fully saturated rings. The second-order valence-corrected chi connectivity index (χ2v) is 6.83. The molecule has 2 atom stereocenters. The molecule has 0 radical (unpaired) electrons. The van der Waals surface area contributed by atoms with Gasteiger partial charge in [0.15, 0.2) is 9.84 Å². The number of hydrogen-bond donors (Lipinski definition) is 2. The van der Waals surface area contributed by atoms with Gasteiger partial charge in [0, 0.05) is 31.7 Å². The van der Waals surface area contributed by atoms with Crippen LogP contribution in [0.25, 0.3) is 0 Å². The van der Waals surface area contributed by atoms with E-state index < -0.39 is 9.84 Å². The Labute approximate surface area is 108 Å². The number of rotatable bonds is 6. The average molecular weight is 278 g/mol. The minimum absolute atomic E-state index is 0.0419. The van der Waals surface area contributed by atoms with Gasteiger partial charge < -0.3 is 15.4 Å². The van der Waals surface area contributed by atoms with E-state index in [1.165, 1.54) is 0 Å². The summed E-state index contributed by atoms with van der Waals surface area (Å²) in [5.41, 5.74) is 0. The summed E-state index contributed by atoms with van der Waals surface area (Å²) in [6, 6.07) is -0.333. The molecule has 7 heteroatoms. The maximum Gasteiger partial charge on any atom is 0.221 e. The van der Waals surface area contributed by atoms with E-state index in [1.807, 2.05) is 13.8 Å². The van der Waals surface area contributed by atoms with Gasteiger partial charge in [0.25, 0.3) is 0 Å². The molecule has 0 aromatic carbocycles. The summed E-state index contributed by atoms with van der Waals surface area (Å²) in [5, 5.41) is 5.84. The maximum absolute atomic E-state index is 11.7. The van der Waals surface area contributed by atoms with Gasteiger partial charge in [-0.1, -0.05) is 0 Å². The summed E-state index contributed by atoms with van der Waals surface area (Å²) >= 11 is 0. The molecule has 1 aliphatic rings. The molecular formula is C11H22N2O4S. The first-order valence-electron chi connectivity index (χ1n) is 6.24. The Bertz CT molecular complexity index is 369. The summed E-state index contributed by atoms with van der Waals surface area (Å²) < 4.78 is 28.0. The monoisotopic (exact) mass is 278 g/mol. The third-order valence-electron chi connectivity index (χ3n) is 2.71. The lowest BCUT2D eigenvalue weighted by Crippen LogP contribution is -2.48. The van der Waals surface area contributed by atoms with Crippen molar-refractivity contribution in [3.63, 3.8) is 0 Å². The van der Waals surface area contributed by atoms with E-state index in [4.69, 9.17) is 4.74 Å². The van der Waals surface area contributed by atoms with Gasteiger partial charge in [-0.05, 0) is 13.8 Å². The second-order valence-electron chi connectivity index (χ2n) is 4.60. The number of carbonyl (C=O) groups is 1. The molecule has 1 heterocycles. The first-order chi connectivity index (χ1) is 8.43. The molecule has 6 nitrogen and oxygen atoms in total. The van der Waals surface area contributed by atoms with E-state index in [1.54, 1.807) is 0 Å². The van der Waals surface area contributed by atoms with Gasteiger partial charge in [-0.3, -0.25) is 4.79 Å². The smallest absolute Gasteiger partial charge is 0.221 e. The Kier molecular flexibility index (Phi) is 6.04. The molecule has 1 amide bonds. The topological polar surface area (TPSA) is 84.5 Å². The van der Waals surface area contributed by atoms with Crippen LogP contribution in [0, 0.1) is 0 Å². The number of sulfone groups is 1. The summed E-state index contributed by atoms with van der Waals surface area (Å²) in [5.74, 6) is 0.0587. The fourth-order valence-corrected chi connectivity index (χ4v) is 3.34. The van der Waals surface area contributed by atoms with Crippen LogP contribution in [0.4, 0.5) is 0 Å². The van der Waals surface area contributed by atoms with Gasteiger partial charge in [0.05, 0.1) is 18.1 Å². The van der Waals surface area contributed by atoms with E-state index in [9.17, 15) is 13.2 Å². The van der Waals surface area contributed by atoms with Crippen molar-refractivity contribution in [2.24, 2.45) is 0 Å². The van der Waals surface area contributed by atoms with Crippen molar-refractivity contribution in [1.29, 1.82) is 0 Å². The highest BCUT2D eigenvalue weighted by Gasteiger charge is 2.26. The SMILES string of the molecule is CCOCC(C)NC(=O)CC1CS(=O)(=O)CCN1. The lowest BCUT2D eigenvalue weighted by molar-refractivity contribution is -0.122. The molecule has 1 saturated heterocycles. The van der Waals surface area contributed by atoms with Crippen molar-refractivity contribution in [2.75, 3.05) is 31.3 Å². The predicted octanol–water partition coefficient (Wildman–Crippen LogP) is -0.696. The van der Waals surface area contributed by atoms with E-state index in [-0.39, 0.29) is 35.9 Å². The minimum Gasteiger partial charge on any atom is -0.380 e. The van der Waals surface area contributed by atoms with E-state index in [0.717, 1.165) is 0 Å². The lowest BCUT2D eigenvalue weighted by atomic mass is 10.2. The van der Waals surface area contributed by atoms with Crippen LogP contribution in [-0.2, 0) is 19.4 Å². The summed E-state index contributed by atoms with van der Waals surface area (Å²) in [6.45, 7) is 5.26. The molecule has 0 bridgehead atoms. The molecule has 0 aromatic heterocycles. The average Bonchev–Trinajstić information content (AvgIpc) is 2.24. The highest BCUT2D eigenvalue weighted by atomic mass is 32.2. The number of nitrogens with one attached hydrogen (secondary N) is 2. The van der Waals surface area contributed by atoms with Crippen molar-refractivity contribution >= 4 is 15.7 Å². The van der Waals surface area contributed by atoms with Crippen LogP contribution in [0.2, 0.25) is 0 Å². The van der Waals surface area contributed by atoms with Crippen LogP contribution in [0.15, 0.2) is 0 Å². The Hall–Kier alpha value is -0.660. The Morgan fingerprint density at radius 3 is 2.89 bits per heavy atom. The van der Waals surface area contributed by atoms with E-state index in [2.05, 4.69) is 10.6 Å². The summed E-state index contributed by atoms with van der Waals surface area (Å²) in [4.78, 5) is 11.7. The molecule has 0 aliphatic carbocycles. The lowest BCUT2D eigenvalue weighted by Gasteiger charge is -2.23.